The highest BCUT2D eigenvalue weighted by Crippen LogP contribution is 2.35. The van der Waals surface area contributed by atoms with Crippen molar-refractivity contribution in [1.82, 2.24) is 0 Å². The monoisotopic (exact) mass is 636 g/mol. The summed E-state index contributed by atoms with van der Waals surface area (Å²) in [6, 6.07) is 0. The quantitative estimate of drug-likeness (QED) is 0.203. The van der Waals surface area contributed by atoms with Crippen LogP contribution >= 0.6 is 0 Å². The third-order valence-corrected chi connectivity index (χ3v) is 5.89. The first-order valence-corrected chi connectivity index (χ1v) is 13.3. The van der Waals surface area contributed by atoms with E-state index in [1.54, 1.807) is 0 Å². The van der Waals surface area contributed by atoms with Crippen molar-refractivity contribution in [2.75, 3.05) is 13.2 Å². The number of hydrogen-bond acceptors (Lipinski definition) is 18. The number of aliphatic hydroxyl groups is 1. The van der Waals surface area contributed by atoms with Gasteiger partial charge in [0.25, 0.3) is 0 Å². The highest BCUT2D eigenvalue weighted by Gasteiger charge is 2.57. The Morgan fingerprint density at radius 3 is 1.14 bits per heavy atom. The van der Waals surface area contributed by atoms with Crippen LogP contribution in [0, 0.1) is 0 Å². The van der Waals surface area contributed by atoms with Crippen LogP contribution in [0.3, 0.4) is 0 Å². The zero-order valence-electron chi connectivity index (χ0n) is 25.1. The normalized spacial score (nSPS) is 31.5. The number of hydrogen-bond donors (Lipinski definition) is 1. The van der Waals surface area contributed by atoms with Crippen LogP contribution in [0.2, 0.25) is 0 Å². The summed E-state index contributed by atoms with van der Waals surface area (Å²) in [7, 11) is 0. The Bertz CT molecular complexity index is 1090. The molecule has 44 heavy (non-hydrogen) atoms. The van der Waals surface area contributed by atoms with Gasteiger partial charge in [0.05, 0.1) is 6.61 Å². The van der Waals surface area contributed by atoms with Crippen LogP contribution in [0.15, 0.2) is 0 Å². The first-order valence-electron chi connectivity index (χ1n) is 13.3. The van der Waals surface area contributed by atoms with E-state index in [0.717, 1.165) is 48.5 Å². The fraction of sp³-hybridized carbons (Fsp3) is 0.731. The van der Waals surface area contributed by atoms with Gasteiger partial charge in [0.15, 0.2) is 36.6 Å². The van der Waals surface area contributed by atoms with Gasteiger partial charge in [-0.3, -0.25) is 33.6 Å². The van der Waals surface area contributed by atoms with Gasteiger partial charge in [-0.1, -0.05) is 0 Å². The van der Waals surface area contributed by atoms with E-state index in [4.69, 9.17) is 47.4 Å². The van der Waals surface area contributed by atoms with E-state index in [-0.39, 0.29) is 0 Å². The molecule has 0 aromatic carbocycles. The fourth-order valence-electron chi connectivity index (χ4n) is 4.54. The molecular formula is C26H36O18. The molecule has 2 saturated heterocycles. The SMILES string of the molecule is CC(=O)OCC1OC(OC2OC(CO)C(OC(C)=O)C(OC(C)=O)C2OC(C)=O)C(OC(C)=O)C(OC(C)=O)C1OC(C)=O. The van der Waals surface area contributed by atoms with Crippen molar-refractivity contribution in [3.8, 4) is 0 Å². The van der Waals surface area contributed by atoms with Gasteiger partial charge in [-0.05, 0) is 0 Å². The van der Waals surface area contributed by atoms with E-state index in [9.17, 15) is 38.7 Å². The molecule has 0 amide bonds. The van der Waals surface area contributed by atoms with Crippen LogP contribution in [0.5, 0.6) is 0 Å². The van der Waals surface area contributed by atoms with Crippen LogP contribution in [0.25, 0.3) is 0 Å². The summed E-state index contributed by atoms with van der Waals surface area (Å²) in [4.78, 5) is 83.8. The predicted octanol–water partition coefficient (Wildman–Crippen LogP) is -1.40. The van der Waals surface area contributed by atoms with Crippen molar-refractivity contribution in [1.29, 1.82) is 0 Å². The maximum absolute atomic E-state index is 12.1. The molecule has 18 nitrogen and oxygen atoms in total. The molecule has 2 heterocycles. The molecule has 0 aromatic rings. The summed E-state index contributed by atoms with van der Waals surface area (Å²) in [5.74, 6) is -6.11. The number of carbonyl (C=O) groups is 7. The van der Waals surface area contributed by atoms with E-state index >= 15 is 0 Å². The number of esters is 7. The third kappa shape index (κ3) is 10.4. The predicted molar refractivity (Wildman–Crippen MR) is 135 cm³/mol. The van der Waals surface area contributed by atoms with E-state index in [2.05, 4.69) is 0 Å². The van der Waals surface area contributed by atoms with Crippen molar-refractivity contribution in [3.63, 3.8) is 0 Å². The second kappa shape index (κ2) is 16.3. The van der Waals surface area contributed by atoms with Crippen LogP contribution in [0.1, 0.15) is 48.5 Å². The topological polar surface area (TPSA) is 232 Å². The highest BCUT2D eigenvalue weighted by atomic mass is 16.8. The first kappa shape index (κ1) is 36.3. The minimum Gasteiger partial charge on any atom is -0.463 e. The summed E-state index contributed by atoms with van der Waals surface area (Å²) >= 11 is 0. The fourth-order valence-corrected chi connectivity index (χ4v) is 4.54. The van der Waals surface area contributed by atoms with Crippen molar-refractivity contribution >= 4 is 41.8 Å². The Morgan fingerprint density at radius 2 is 0.795 bits per heavy atom. The molecule has 10 unspecified atom stereocenters. The van der Waals surface area contributed by atoms with Gasteiger partial charge in [0, 0.05) is 48.5 Å². The van der Waals surface area contributed by atoms with Crippen LogP contribution in [-0.4, -0.2) is 122 Å². The number of aliphatic hydroxyl groups excluding tert-OH is 1. The van der Waals surface area contributed by atoms with Gasteiger partial charge in [0.2, 0.25) is 12.6 Å². The smallest absolute Gasteiger partial charge is 0.303 e. The molecule has 2 aliphatic rings. The second-order valence-electron chi connectivity index (χ2n) is 9.65. The van der Waals surface area contributed by atoms with Gasteiger partial charge in [0.1, 0.15) is 18.8 Å². The van der Waals surface area contributed by atoms with Crippen molar-refractivity contribution in [2.45, 2.75) is 110 Å². The molecule has 0 spiro atoms. The lowest BCUT2D eigenvalue weighted by Crippen LogP contribution is -2.66. The van der Waals surface area contributed by atoms with Crippen LogP contribution < -0.4 is 0 Å². The summed E-state index contributed by atoms with van der Waals surface area (Å²) < 4.78 is 54.5. The van der Waals surface area contributed by atoms with E-state index in [1.807, 2.05) is 0 Å². The molecule has 248 valence electrons. The summed E-state index contributed by atoms with van der Waals surface area (Å²) in [5.41, 5.74) is 0. The molecule has 1 N–H and O–H groups in total. The van der Waals surface area contributed by atoms with E-state index < -0.39 is 116 Å². The van der Waals surface area contributed by atoms with Crippen molar-refractivity contribution < 1.29 is 86.0 Å². The van der Waals surface area contributed by atoms with Crippen LogP contribution in [0.4, 0.5) is 0 Å². The standard InChI is InChI=1S/C26H36O18/c1-10(28)35-9-18-20(37-12(3)30)22(39-14(5)32)24(41-16(7)34)26(43-18)44-25-23(40-15(6)33)21(38-13(4)31)19(36-11(2)29)17(8-27)42-25/h17-27H,8-9H2,1-7H3. The number of ether oxygens (including phenoxy) is 10. The Morgan fingerprint density at radius 1 is 0.477 bits per heavy atom. The third-order valence-electron chi connectivity index (χ3n) is 5.89. The number of carbonyl (C=O) groups excluding carboxylic acids is 7. The molecule has 0 saturated carbocycles. The van der Waals surface area contributed by atoms with Gasteiger partial charge >= 0.3 is 41.8 Å². The lowest BCUT2D eigenvalue weighted by Gasteiger charge is -2.48. The minimum absolute atomic E-state index is 0.569. The molecule has 2 fully saturated rings. The molecule has 2 rings (SSSR count). The maximum Gasteiger partial charge on any atom is 0.303 e. The molecule has 0 aromatic heterocycles. The maximum atomic E-state index is 12.1. The van der Waals surface area contributed by atoms with E-state index in [0.29, 0.717) is 0 Å². The zero-order chi connectivity index (χ0) is 33.3. The van der Waals surface area contributed by atoms with Gasteiger partial charge in [-0.15, -0.1) is 0 Å². The Kier molecular flexibility index (Phi) is 13.4. The van der Waals surface area contributed by atoms with Gasteiger partial charge in [-0.25, -0.2) is 0 Å². The van der Waals surface area contributed by atoms with Crippen LogP contribution in [-0.2, 0) is 80.9 Å². The zero-order valence-corrected chi connectivity index (χ0v) is 25.1. The summed E-state index contributed by atoms with van der Waals surface area (Å²) in [5, 5.41) is 10.0. The summed E-state index contributed by atoms with van der Waals surface area (Å²) in [6.45, 7) is 5.85. The number of rotatable bonds is 11. The minimum atomic E-state index is -1.80. The summed E-state index contributed by atoms with van der Waals surface area (Å²) in [6.07, 6.45) is -16.0. The molecule has 18 heteroatoms. The molecule has 0 radical (unpaired) electrons. The van der Waals surface area contributed by atoms with Crippen molar-refractivity contribution in [2.24, 2.45) is 0 Å². The average Bonchev–Trinajstić information content (AvgIpc) is 2.87. The molecular weight excluding hydrogens is 600 g/mol. The van der Waals surface area contributed by atoms with E-state index in [1.165, 1.54) is 0 Å². The van der Waals surface area contributed by atoms with Gasteiger partial charge < -0.3 is 52.5 Å². The van der Waals surface area contributed by atoms with Gasteiger partial charge in [-0.2, -0.15) is 0 Å². The Labute approximate surface area is 251 Å². The average molecular weight is 637 g/mol. The molecule has 0 aliphatic carbocycles. The first-order chi connectivity index (χ1) is 20.5. The van der Waals surface area contributed by atoms with Crippen molar-refractivity contribution in [3.05, 3.63) is 0 Å². The lowest BCUT2D eigenvalue weighted by atomic mass is 9.97. The second-order valence-corrected chi connectivity index (χ2v) is 9.65. The lowest BCUT2D eigenvalue weighted by molar-refractivity contribution is -0.377. The Balaban J connectivity index is 2.63. The molecule has 2 aliphatic heterocycles. The molecule has 10 atom stereocenters. The highest BCUT2D eigenvalue weighted by molar-refractivity contribution is 5.69. The largest absolute Gasteiger partial charge is 0.463 e. The Hall–Kier alpha value is -3.87. The molecule has 0 bridgehead atoms.